The molecule has 0 unspecified atom stereocenters. The summed E-state index contributed by atoms with van der Waals surface area (Å²) in [5.74, 6) is 1.68. The van der Waals surface area contributed by atoms with Gasteiger partial charge >= 0.3 is 0 Å². The summed E-state index contributed by atoms with van der Waals surface area (Å²) in [5.41, 5.74) is 2.72. The molecule has 1 aromatic heterocycles. The molecule has 3 aromatic rings. The number of anilines is 1. The van der Waals surface area contributed by atoms with Crippen LogP contribution in [0.15, 0.2) is 46.7 Å². The van der Waals surface area contributed by atoms with E-state index in [1.165, 1.54) is 0 Å². The van der Waals surface area contributed by atoms with Crippen molar-refractivity contribution in [2.24, 2.45) is 0 Å². The smallest absolute Gasteiger partial charge is 0.203 e. The number of ether oxygens (including phenoxy) is 3. The topological polar surface area (TPSA) is 78.0 Å². The van der Waals surface area contributed by atoms with Gasteiger partial charge in [0.25, 0.3) is 0 Å². The Hall–Kier alpha value is -2.30. The third-order valence-electron chi connectivity index (χ3n) is 6.01. The molecule has 2 heterocycles. The molecule has 0 aliphatic carbocycles. The number of benzene rings is 2. The van der Waals surface area contributed by atoms with Gasteiger partial charge in [-0.2, -0.15) is 0 Å². The van der Waals surface area contributed by atoms with Crippen molar-refractivity contribution in [3.8, 4) is 28.5 Å². The van der Waals surface area contributed by atoms with Crippen LogP contribution in [0.2, 0.25) is 0 Å². The van der Waals surface area contributed by atoms with Gasteiger partial charge in [-0.15, -0.1) is 11.3 Å². The van der Waals surface area contributed by atoms with E-state index < -0.39 is 9.84 Å². The summed E-state index contributed by atoms with van der Waals surface area (Å²) in [5, 5.41) is 3.19. The molecule has 0 radical (unpaired) electrons. The van der Waals surface area contributed by atoms with Crippen LogP contribution in [0.25, 0.3) is 11.3 Å². The number of aromatic nitrogens is 1. The molecule has 1 saturated heterocycles. The Balaban J connectivity index is 1.48. The van der Waals surface area contributed by atoms with Gasteiger partial charge in [-0.05, 0) is 42.7 Å². The molecule has 182 valence electrons. The van der Waals surface area contributed by atoms with Gasteiger partial charge in [0.15, 0.2) is 26.5 Å². The number of hydrogen-bond donors (Lipinski definition) is 0. The zero-order valence-corrected chi connectivity index (χ0v) is 22.5. The minimum Gasteiger partial charge on any atom is -0.493 e. The molecule has 0 bridgehead atoms. The Bertz CT molecular complexity index is 1210. The molecule has 4 rings (SSSR count). The van der Waals surface area contributed by atoms with E-state index in [-0.39, 0.29) is 5.25 Å². The number of nitrogens with zero attached hydrogens (tertiary/aromatic N) is 2. The summed E-state index contributed by atoms with van der Waals surface area (Å²) < 4.78 is 42.5. The van der Waals surface area contributed by atoms with E-state index >= 15 is 0 Å². The van der Waals surface area contributed by atoms with Crippen molar-refractivity contribution in [3.63, 3.8) is 0 Å². The summed E-state index contributed by atoms with van der Waals surface area (Å²) in [4.78, 5) is 7.37. The van der Waals surface area contributed by atoms with Gasteiger partial charge < -0.3 is 19.1 Å². The molecule has 0 amide bonds. The lowest BCUT2D eigenvalue weighted by Crippen LogP contribution is -2.39. The third-order valence-corrected chi connectivity index (χ3v) is 9.84. The molecule has 34 heavy (non-hydrogen) atoms. The van der Waals surface area contributed by atoms with Crippen LogP contribution in [0, 0.1) is 0 Å². The number of halogens is 1. The molecule has 0 atom stereocenters. The molecule has 0 N–H and O–H groups in total. The van der Waals surface area contributed by atoms with Crippen molar-refractivity contribution in [1.29, 1.82) is 0 Å². The quantitative estimate of drug-likeness (QED) is 0.348. The Morgan fingerprint density at radius 2 is 1.65 bits per heavy atom. The second-order valence-corrected chi connectivity index (χ2v) is 11.6. The van der Waals surface area contributed by atoms with Crippen molar-refractivity contribution < 1.29 is 22.6 Å². The largest absolute Gasteiger partial charge is 0.493 e. The van der Waals surface area contributed by atoms with Gasteiger partial charge in [0.2, 0.25) is 5.75 Å². The third kappa shape index (κ3) is 4.89. The van der Waals surface area contributed by atoms with Crippen LogP contribution in [0.3, 0.4) is 0 Å². The first-order valence-corrected chi connectivity index (χ1v) is 14.4. The van der Waals surface area contributed by atoms with E-state index in [0.29, 0.717) is 53.4 Å². The van der Waals surface area contributed by atoms with Gasteiger partial charge in [-0.1, -0.05) is 28.1 Å². The van der Waals surface area contributed by atoms with Crippen LogP contribution in [0.5, 0.6) is 17.2 Å². The molecule has 2 aromatic carbocycles. The first-order valence-electron chi connectivity index (χ1n) is 10.8. The molecule has 1 fully saturated rings. The Morgan fingerprint density at radius 3 is 2.18 bits per heavy atom. The van der Waals surface area contributed by atoms with Crippen LogP contribution < -0.4 is 19.1 Å². The molecular weight excluding hydrogens is 540 g/mol. The number of thiazole rings is 1. The summed E-state index contributed by atoms with van der Waals surface area (Å²) in [6, 6.07) is 10.9. The maximum atomic E-state index is 13.1. The highest BCUT2D eigenvalue weighted by Crippen LogP contribution is 2.42. The lowest BCUT2D eigenvalue weighted by Gasteiger charge is -2.31. The predicted molar refractivity (Wildman–Crippen MR) is 139 cm³/mol. The second-order valence-electron chi connectivity index (χ2n) is 7.94. The van der Waals surface area contributed by atoms with Gasteiger partial charge in [0.1, 0.15) is 0 Å². The highest BCUT2D eigenvalue weighted by molar-refractivity contribution is 9.08. The SMILES string of the molecule is COc1cc(-c2csc(N3CCC(S(=O)(=O)c4ccc(CBr)cc4)CC3)n2)cc(OC)c1OC. The summed E-state index contributed by atoms with van der Waals surface area (Å²) in [6.45, 7) is 1.29. The van der Waals surface area contributed by atoms with Crippen molar-refractivity contribution >= 4 is 42.2 Å². The van der Waals surface area contributed by atoms with Crippen LogP contribution in [0.4, 0.5) is 5.13 Å². The van der Waals surface area contributed by atoms with E-state index in [9.17, 15) is 8.42 Å². The van der Waals surface area contributed by atoms with Gasteiger partial charge in [0.05, 0.1) is 37.2 Å². The zero-order valence-electron chi connectivity index (χ0n) is 19.3. The molecular formula is C24H27BrN2O5S2. The fourth-order valence-electron chi connectivity index (χ4n) is 4.09. The van der Waals surface area contributed by atoms with E-state index in [1.807, 2.05) is 29.6 Å². The second kappa shape index (κ2) is 10.5. The minimum absolute atomic E-state index is 0.381. The fraction of sp³-hybridized carbons (Fsp3) is 0.375. The van der Waals surface area contributed by atoms with E-state index in [4.69, 9.17) is 19.2 Å². The maximum Gasteiger partial charge on any atom is 0.203 e. The Kier molecular flexibility index (Phi) is 7.69. The molecule has 1 aliphatic heterocycles. The normalized spacial score (nSPS) is 14.8. The molecule has 7 nitrogen and oxygen atoms in total. The van der Waals surface area contributed by atoms with Gasteiger partial charge in [-0.25, -0.2) is 13.4 Å². The lowest BCUT2D eigenvalue weighted by atomic mass is 10.1. The van der Waals surface area contributed by atoms with Crippen molar-refractivity contribution in [2.75, 3.05) is 39.3 Å². The average molecular weight is 568 g/mol. The van der Waals surface area contributed by atoms with Crippen molar-refractivity contribution in [3.05, 3.63) is 47.3 Å². The van der Waals surface area contributed by atoms with E-state index in [1.54, 1.807) is 44.8 Å². The van der Waals surface area contributed by atoms with Crippen LogP contribution in [-0.2, 0) is 15.2 Å². The summed E-state index contributed by atoms with van der Waals surface area (Å²) in [7, 11) is 1.39. The highest BCUT2D eigenvalue weighted by atomic mass is 79.9. The van der Waals surface area contributed by atoms with Crippen LogP contribution >= 0.6 is 27.3 Å². The highest BCUT2D eigenvalue weighted by Gasteiger charge is 2.32. The zero-order chi connectivity index (χ0) is 24.3. The number of rotatable bonds is 8. The minimum atomic E-state index is -3.35. The lowest BCUT2D eigenvalue weighted by molar-refractivity contribution is 0.324. The number of alkyl halides is 1. The first-order chi connectivity index (χ1) is 16.4. The number of sulfone groups is 1. The first kappa shape index (κ1) is 24.8. The van der Waals surface area contributed by atoms with Crippen LogP contribution in [0.1, 0.15) is 18.4 Å². The number of piperidine rings is 1. The number of methoxy groups -OCH3 is 3. The van der Waals surface area contributed by atoms with Gasteiger partial charge in [0, 0.05) is 29.4 Å². The summed E-state index contributed by atoms with van der Waals surface area (Å²) >= 11 is 4.94. The van der Waals surface area contributed by atoms with Crippen molar-refractivity contribution in [2.45, 2.75) is 28.3 Å². The van der Waals surface area contributed by atoms with E-state index in [2.05, 4.69) is 20.8 Å². The predicted octanol–water partition coefficient (Wildman–Crippen LogP) is 5.17. The van der Waals surface area contributed by atoms with Crippen molar-refractivity contribution in [1.82, 2.24) is 4.98 Å². The van der Waals surface area contributed by atoms with Crippen LogP contribution in [-0.4, -0.2) is 53.1 Å². The number of hydrogen-bond acceptors (Lipinski definition) is 8. The standard InChI is InChI=1S/C24H27BrN2O5S2/c1-30-21-12-17(13-22(31-2)23(21)32-3)20-15-33-24(26-20)27-10-8-19(9-11-27)34(28,29)18-6-4-16(14-25)5-7-18/h4-7,12-13,15,19H,8-11,14H2,1-3H3. The average Bonchev–Trinajstić information content (AvgIpc) is 3.38. The fourth-order valence-corrected chi connectivity index (χ4v) is 7.08. The summed E-state index contributed by atoms with van der Waals surface area (Å²) in [6.07, 6.45) is 1.14. The molecule has 0 spiro atoms. The molecule has 0 saturated carbocycles. The Morgan fingerprint density at radius 1 is 1.03 bits per heavy atom. The molecule has 1 aliphatic rings. The maximum absolute atomic E-state index is 13.1. The van der Waals surface area contributed by atoms with Gasteiger partial charge in [-0.3, -0.25) is 0 Å². The molecule has 10 heteroatoms. The Labute approximate surface area is 212 Å². The monoisotopic (exact) mass is 566 g/mol. The van der Waals surface area contributed by atoms with E-state index in [0.717, 1.165) is 22.0 Å².